The monoisotopic (exact) mass is 391 g/mol. The van der Waals surface area contributed by atoms with Crippen molar-refractivity contribution in [2.45, 2.75) is 24.8 Å². The van der Waals surface area contributed by atoms with Crippen LogP contribution in [0, 0.1) is 9.49 Å². The Morgan fingerprint density at radius 3 is 2.62 bits per heavy atom. The van der Waals surface area contributed by atoms with Crippen molar-refractivity contribution in [1.29, 1.82) is 0 Å². The van der Waals surface area contributed by atoms with Crippen molar-refractivity contribution >= 4 is 44.4 Å². The predicted molar refractivity (Wildman–Crippen MR) is 74.4 cm³/mol. The molecule has 2 nitrogen and oxygen atoms in total. The lowest BCUT2D eigenvalue weighted by molar-refractivity contribution is -0.0438. The molecule has 84 valence electrons. The fourth-order valence-corrected chi connectivity index (χ4v) is 4.31. The first-order valence-corrected chi connectivity index (χ1v) is 7.23. The lowest BCUT2D eigenvalue weighted by Gasteiger charge is -2.61. The van der Waals surface area contributed by atoms with E-state index in [0.29, 0.717) is 0 Å². The van der Waals surface area contributed by atoms with Gasteiger partial charge in [-0.25, -0.2) is 0 Å². The minimum absolute atomic E-state index is 0.0648. The number of hydrogen-bond donors (Lipinski definition) is 1. The first kappa shape index (κ1) is 11.0. The van der Waals surface area contributed by atoms with Crippen LogP contribution in [0.2, 0.25) is 0 Å². The Morgan fingerprint density at radius 2 is 2.12 bits per heavy atom. The molecule has 0 aromatic heterocycles. The van der Waals surface area contributed by atoms with Crippen molar-refractivity contribution in [1.82, 2.24) is 5.32 Å². The molecule has 3 fully saturated rings. The molecular formula is C12H11BrINO. The molecule has 2 bridgehead atoms. The zero-order valence-electron chi connectivity index (χ0n) is 8.59. The van der Waals surface area contributed by atoms with Crippen molar-refractivity contribution in [3.63, 3.8) is 0 Å². The summed E-state index contributed by atoms with van der Waals surface area (Å²) in [4.78, 5) is 12.2. The average Bonchev–Trinajstić information content (AvgIpc) is 2.09. The van der Waals surface area contributed by atoms with Crippen LogP contribution in [0.15, 0.2) is 22.7 Å². The fraction of sp³-hybridized carbons (Fsp3) is 0.417. The maximum atomic E-state index is 12.2. The molecule has 1 aromatic carbocycles. The molecule has 0 unspecified atom stereocenters. The molecule has 4 rings (SSSR count). The number of hydrogen-bond acceptors (Lipinski definition) is 1. The third kappa shape index (κ3) is 1.61. The van der Waals surface area contributed by atoms with Gasteiger partial charge in [-0.05, 0) is 75.8 Å². The van der Waals surface area contributed by atoms with Gasteiger partial charge in [0.2, 0.25) is 0 Å². The minimum atomic E-state index is 0.0648. The number of halogens is 2. The molecule has 3 aliphatic carbocycles. The van der Waals surface area contributed by atoms with E-state index >= 15 is 0 Å². The highest BCUT2D eigenvalue weighted by Crippen LogP contribution is 2.57. The van der Waals surface area contributed by atoms with Crippen molar-refractivity contribution in [3.8, 4) is 0 Å². The van der Waals surface area contributed by atoms with Crippen LogP contribution in [0.25, 0.3) is 0 Å². The number of benzene rings is 1. The summed E-state index contributed by atoms with van der Waals surface area (Å²) in [7, 11) is 0. The normalized spacial score (nSPS) is 30.2. The smallest absolute Gasteiger partial charge is 0.253 e. The SMILES string of the molecule is O=C(NC12CC(C1)C2)c1c(Br)cccc1I. The Hall–Kier alpha value is -0.100. The highest BCUT2D eigenvalue weighted by molar-refractivity contribution is 14.1. The molecule has 0 heterocycles. The highest BCUT2D eigenvalue weighted by atomic mass is 127. The predicted octanol–water partition coefficient (Wildman–Crippen LogP) is 3.34. The summed E-state index contributed by atoms with van der Waals surface area (Å²) in [5, 5.41) is 3.18. The molecule has 1 aromatic rings. The maximum Gasteiger partial charge on any atom is 0.253 e. The summed E-state index contributed by atoms with van der Waals surface area (Å²) < 4.78 is 1.87. The van der Waals surface area contributed by atoms with Crippen LogP contribution >= 0.6 is 38.5 Å². The van der Waals surface area contributed by atoms with Gasteiger partial charge >= 0.3 is 0 Å². The van der Waals surface area contributed by atoms with Crippen LogP contribution in [0.3, 0.4) is 0 Å². The Labute approximate surface area is 116 Å². The second-order valence-electron chi connectivity index (χ2n) is 4.81. The van der Waals surface area contributed by atoms with Crippen LogP contribution in [0.5, 0.6) is 0 Å². The summed E-state index contributed by atoms with van der Waals surface area (Å²) in [6.45, 7) is 0. The summed E-state index contributed by atoms with van der Waals surface area (Å²) >= 11 is 5.65. The van der Waals surface area contributed by atoms with Gasteiger partial charge in [-0.1, -0.05) is 6.07 Å². The van der Waals surface area contributed by atoms with Gasteiger partial charge in [-0.15, -0.1) is 0 Å². The van der Waals surface area contributed by atoms with E-state index in [0.717, 1.165) is 19.5 Å². The van der Waals surface area contributed by atoms with Crippen molar-refractivity contribution in [2.24, 2.45) is 5.92 Å². The summed E-state index contributed by atoms with van der Waals surface area (Å²) in [5.74, 6) is 0.952. The van der Waals surface area contributed by atoms with Gasteiger partial charge in [-0.2, -0.15) is 0 Å². The molecule has 1 N–H and O–H groups in total. The Kier molecular flexibility index (Phi) is 2.55. The first-order chi connectivity index (χ1) is 7.60. The van der Waals surface area contributed by atoms with E-state index in [4.69, 9.17) is 0 Å². The molecule has 0 aliphatic heterocycles. The molecular weight excluding hydrogens is 381 g/mol. The summed E-state index contributed by atoms with van der Waals surface area (Å²) in [5.41, 5.74) is 0.924. The largest absolute Gasteiger partial charge is 0.347 e. The number of rotatable bonds is 2. The molecule has 16 heavy (non-hydrogen) atoms. The molecule has 4 heteroatoms. The summed E-state index contributed by atoms with van der Waals surface area (Å²) in [6.07, 6.45) is 3.54. The fourth-order valence-electron chi connectivity index (χ4n) is 2.65. The van der Waals surface area contributed by atoms with E-state index < -0.39 is 0 Å². The number of carbonyl (C=O) groups is 1. The number of amides is 1. The van der Waals surface area contributed by atoms with Gasteiger partial charge < -0.3 is 5.32 Å². The number of nitrogens with one attached hydrogen (secondary N) is 1. The van der Waals surface area contributed by atoms with Gasteiger partial charge in [0.25, 0.3) is 5.91 Å². The number of carbonyl (C=O) groups excluding carboxylic acids is 1. The molecule has 0 saturated heterocycles. The second-order valence-corrected chi connectivity index (χ2v) is 6.83. The average molecular weight is 392 g/mol. The minimum Gasteiger partial charge on any atom is -0.347 e. The molecule has 1 amide bonds. The van der Waals surface area contributed by atoms with E-state index in [1.54, 1.807) is 0 Å². The first-order valence-electron chi connectivity index (χ1n) is 5.36. The third-order valence-electron chi connectivity index (χ3n) is 3.61. The quantitative estimate of drug-likeness (QED) is 0.769. The zero-order valence-corrected chi connectivity index (χ0v) is 12.3. The van der Waals surface area contributed by atoms with Crippen molar-refractivity contribution in [3.05, 3.63) is 31.8 Å². The molecule has 3 saturated carbocycles. The molecule has 3 aliphatic rings. The summed E-state index contributed by atoms with van der Waals surface area (Å²) in [6, 6.07) is 5.82. The molecule has 0 radical (unpaired) electrons. The van der Waals surface area contributed by atoms with Gasteiger partial charge in [0.05, 0.1) is 5.56 Å². The second kappa shape index (κ2) is 3.70. The van der Waals surface area contributed by atoms with Crippen LogP contribution in [0.4, 0.5) is 0 Å². The van der Waals surface area contributed by atoms with Crippen LogP contribution in [-0.4, -0.2) is 11.4 Å². The maximum absolute atomic E-state index is 12.2. The molecule has 0 atom stereocenters. The van der Waals surface area contributed by atoms with Crippen molar-refractivity contribution < 1.29 is 4.79 Å². The van der Waals surface area contributed by atoms with E-state index in [9.17, 15) is 4.79 Å². The lowest BCUT2D eigenvalue weighted by atomic mass is 9.50. The van der Waals surface area contributed by atoms with Gasteiger partial charge in [-0.3, -0.25) is 4.79 Å². The van der Waals surface area contributed by atoms with Gasteiger partial charge in [0, 0.05) is 13.6 Å². The van der Waals surface area contributed by atoms with Gasteiger partial charge in [0.1, 0.15) is 0 Å². The highest BCUT2D eigenvalue weighted by Gasteiger charge is 2.57. The van der Waals surface area contributed by atoms with E-state index in [2.05, 4.69) is 43.8 Å². The lowest BCUT2D eigenvalue weighted by Crippen LogP contribution is -2.68. The van der Waals surface area contributed by atoms with Crippen LogP contribution < -0.4 is 5.32 Å². The van der Waals surface area contributed by atoms with Gasteiger partial charge in [0.15, 0.2) is 0 Å². The van der Waals surface area contributed by atoms with E-state index in [1.807, 2.05) is 18.2 Å². The van der Waals surface area contributed by atoms with E-state index in [-0.39, 0.29) is 11.4 Å². The standard InChI is InChI=1S/C12H11BrINO/c13-8-2-1-3-9(14)10(8)11(16)15-12-4-7(5-12)6-12/h1-3,7H,4-6H2,(H,15,16). The Bertz CT molecular complexity index is 437. The Morgan fingerprint density at radius 1 is 1.44 bits per heavy atom. The Balaban J connectivity index is 1.83. The van der Waals surface area contributed by atoms with E-state index in [1.165, 1.54) is 19.3 Å². The topological polar surface area (TPSA) is 29.1 Å². The zero-order chi connectivity index (χ0) is 11.3. The van der Waals surface area contributed by atoms with Crippen LogP contribution in [0.1, 0.15) is 29.6 Å². The van der Waals surface area contributed by atoms with Crippen molar-refractivity contribution in [2.75, 3.05) is 0 Å². The van der Waals surface area contributed by atoms with Crippen LogP contribution in [-0.2, 0) is 0 Å². The molecule has 0 spiro atoms. The third-order valence-corrected chi connectivity index (χ3v) is 5.17.